The molecule has 0 bridgehead atoms. The zero-order valence-electron chi connectivity index (χ0n) is 23.1. The molecule has 0 saturated carbocycles. The van der Waals surface area contributed by atoms with Crippen LogP contribution in [0.3, 0.4) is 0 Å². The first-order valence-corrected chi connectivity index (χ1v) is 15.2. The number of amides is 3. The Bertz CT molecular complexity index is 1560. The molecular formula is C33H30IN3O4S. The molecule has 0 heterocycles. The molecule has 214 valence electrons. The molecule has 0 aromatic heterocycles. The summed E-state index contributed by atoms with van der Waals surface area (Å²) < 4.78 is 6.80. The Morgan fingerprint density at radius 2 is 1.45 bits per heavy atom. The maximum absolute atomic E-state index is 13.4. The lowest BCUT2D eigenvalue weighted by atomic mass is 10.1. The number of ether oxygens (including phenoxy) is 1. The number of nitrogens with one attached hydrogen (secondary N) is 3. The Morgan fingerprint density at radius 3 is 2.14 bits per heavy atom. The first-order valence-electron chi connectivity index (χ1n) is 13.3. The van der Waals surface area contributed by atoms with E-state index in [-0.39, 0.29) is 16.9 Å². The number of thioether (sulfide) groups is 1. The molecule has 3 N–H and O–H groups in total. The maximum atomic E-state index is 13.4. The van der Waals surface area contributed by atoms with Crippen LogP contribution in [0, 0.1) is 3.57 Å². The van der Waals surface area contributed by atoms with Gasteiger partial charge in [0.15, 0.2) is 0 Å². The number of benzene rings is 4. The van der Waals surface area contributed by atoms with Crippen LogP contribution in [-0.4, -0.2) is 29.6 Å². The average Bonchev–Trinajstić information content (AvgIpc) is 3.00. The van der Waals surface area contributed by atoms with Gasteiger partial charge in [0.1, 0.15) is 11.4 Å². The van der Waals surface area contributed by atoms with Gasteiger partial charge in [-0.2, -0.15) is 0 Å². The highest BCUT2D eigenvalue weighted by Crippen LogP contribution is 2.26. The highest BCUT2D eigenvalue weighted by molar-refractivity contribution is 14.1. The average molecular weight is 692 g/mol. The van der Waals surface area contributed by atoms with Gasteiger partial charge < -0.3 is 20.7 Å². The number of anilines is 2. The third-order valence-corrected chi connectivity index (χ3v) is 7.78. The van der Waals surface area contributed by atoms with Gasteiger partial charge in [-0.25, -0.2) is 0 Å². The zero-order chi connectivity index (χ0) is 29.9. The normalized spacial score (nSPS) is 11.7. The molecule has 4 rings (SSSR count). The number of hydrogen-bond donors (Lipinski definition) is 3. The van der Waals surface area contributed by atoms with Crippen LogP contribution < -0.4 is 20.7 Å². The van der Waals surface area contributed by atoms with E-state index in [9.17, 15) is 14.4 Å². The highest BCUT2D eigenvalue weighted by atomic mass is 127. The third-order valence-electron chi connectivity index (χ3n) is 5.95. The van der Waals surface area contributed by atoms with Crippen molar-refractivity contribution in [3.63, 3.8) is 0 Å². The van der Waals surface area contributed by atoms with Gasteiger partial charge >= 0.3 is 0 Å². The van der Waals surface area contributed by atoms with E-state index in [1.165, 1.54) is 11.8 Å². The molecule has 1 atom stereocenters. The smallest absolute Gasteiger partial charge is 0.272 e. The molecule has 7 nitrogen and oxygen atoms in total. The number of carbonyl (C=O) groups is 3. The van der Waals surface area contributed by atoms with Gasteiger partial charge in [-0.15, -0.1) is 11.8 Å². The van der Waals surface area contributed by atoms with Gasteiger partial charge in [0.05, 0.1) is 11.9 Å². The first kappa shape index (κ1) is 30.9. The first-order chi connectivity index (χ1) is 20.3. The number of para-hydroxylation sites is 1. The summed E-state index contributed by atoms with van der Waals surface area (Å²) in [5.74, 6) is -0.401. The van der Waals surface area contributed by atoms with E-state index < -0.39 is 11.8 Å². The van der Waals surface area contributed by atoms with Crippen LogP contribution in [0.4, 0.5) is 11.4 Å². The number of rotatable bonds is 11. The van der Waals surface area contributed by atoms with Crippen molar-refractivity contribution < 1.29 is 19.1 Å². The standard InChI is InChI=1S/C33H30IN3O4S/c1-3-41-30-12-8-7-11-24(30)21-29(37-32(39)23-9-5-4-6-10-23)33(40)36-27-17-19-28(20-18-27)42-22(2)31(38)35-26-15-13-25(34)14-16-26/h4-22H,3H2,1-2H3,(H,35,38)(H,36,40)(H,37,39)/b29-21-. The summed E-state index contributed by atoms with van der Waals surface area (Å²) in [6.45, 7) is 4.18. The molecule has 4 aromatic carbocycles. The summed E-state index contributed by atoms with van der Waals surface area (Å²) in [5.41, 5.74) is 2.43. The second-order valence-corrected chi connectivity index (χ2v) is 11.7. The Balaban J connectivity index is 1.46. The minimum Gasteiger partial charge on any atom is -0.493 e. The molecule has 0 radical (unpaired) electrons. The summed E-state index contributed by atoms with van der Waals surface area (Å²) in [6.07, 6.45) is 1.60. The molecule has 0 spiro atoms. The van der Waals surface area contributed by atoms with Gasteiger partial charge in [0.2, 0.25) is 5.91 Å². The van der Waals surface area contributed by atoms with Gasteiger partial charge in [-0.1, -0.05) is 36.4 Å². The van der Waals surface area contributed by atoms with E-state index >= 15 is 0 Å². The van der Waals surface area contributed by atoms with Crippen LogP contribution in [0.1, 0.15) is 29.8 Å². The van der Waals surface area contributed by atoms with Crippen molar-refractivity contribution in [2.45, 2.75) is 24.0 Å². The molecule has 4 aromatic rings. The Kier molecular flexibility index (Phi) is 11.2. The summed E-state index contributed by atoms with van der Waals surface area (Å²) in [5, 5.41) is 8.20. The predicted octanol–water partition coefficient (Wildman–Crippen LogP) is 7.22. The van der Waals surface area contributed by atoms with E-state index in [4.69, 9.17) is 4.74 Å². The number of halogens is 1. The highest BCUT2D eigenvalue weighted by Gasteiger charge is 2.17. The summed E-state index contributed by atoms with van der Waals surface area (Å²) >= 11 is 3.63. The van der Waals surface area contributed by atoms with Crippen molar-refractivity contribution in [1.29, 1.82) is 0 Å². The maximum Gasteiger partial charge on any atom is 0.272 e. The van der Waals surface area contributed by atoms with Crippen molar-refractivity contribution in [1.82, 2.24) is 5.32 Å². The van der Waals surface area contributed by atoms with Crippen LogP contribution >= 0.6 is 34.4 Å². The fourth-order valence-corrected chi connectivity index (χ4v) is 5.06. The molecule has 9 heteroatoms. The lowest BCUT2D eigenvalue weighted by molar-refractivity contribution is -0.115. The molecular weight excluding hydrogens is 661 g/mol. The lowest BCUT2D eigenvalue weighted by Gasteiger charge is -2.14. The SMILES string of the molecule is CCOc1ccccc1/C=C(\NC(=O)c1ccccc1)C(=O)Nc1ccc(SC(C)C(=O)Nc2ccc(I)cc2)cc1. The third kappa shape index (κ3) is 8.95. The van der Waals surface area contributed by atoms with Gasteiger partial charge in [0, 0.05) is 31.0 Å². The molecule has 42 heavy (non-hydrogen) atoms. The van der Waals surface area contributed by atoms with Crippen LogP contribution in [0.25, 0.3) is 6.08 Å². The molecule has 0 fully saturated rings. The van der Waals surface area contributed by atoms with Crippen LogP contribution in [0.5, 0.6) is 5.75 Å². The van der Waals surface area contributed by atoms with Gasteiger partial charge in [0.25, 0.3) is 11.8 Å². The van der Waals surface area contributed by atoms with E-state index in [1.54, 1.807) is 42.5 Å². The Morgan fingerprint density at radius 1 is 0.833 bits per heavy atom. The minimum atomic E-state index is -0.490. The van der Waals surface area contributed by atoms with E-state index in [0.29, 0.717) is 29.2 Å². The Labute approximate surface area is 263 Å². The van der Waals surface area contributed by atoms with Gasteiger partial charge in [-0.05, 0) is 109 Å². The monoisotopic (exact) mass is 691 g/mol. The van der Waals surface area contributed by atoms with Crippen molar-refractivity contribution in [2.75, 3.05) is 17.2 Å². The van der Waals surface area contributed by atoms with Crippen LogP contribution in [0.15, 0.2) is 114 Å². The van der Waals surface area contributed by atoms with Crippen LogP contribution in [-0.2, 0) is 9.59 Å². The molecule has 0 aliphatic rings. The van der Waals surface area contributed by atoms with Crippen molar-refractivity contribution in [3.8, 4) is 5.75 Å². The zero-order valence-corrected chi connectivity index (χ0v) is 26.1. The Hall–Kier alpha value is -4.09. The lowest BCUT2D eigenvalue weighted by Crippen LogP contribution is -2.30. The van der Waals surface area contributed by atoms with E-state index in [0.717, 1.165) is 14.2 Å². The summed E-state index contributed by atoms with van der Waals surface area (Å²) in [7, 11) is 0. The molecule has 3 amide bonds. The second kappa shape index (κ2) is 15.2. The van der Waals surface area contributed by atoms with Crippen LogP contribution in [0.2, 0.25) is 0 Å². The quantitative estimate of drug-likeness (QED) is 0.0878. The summed E-state index contributed by atoms with van der Waals surface area (Å²) in [4.78, 5) is 39.9. The summed E-state index contributed by atoms with van der Waals surface area (Å²) in [6, 6.07) is 30.8. The van der Waals surface area contributed by atoms with Gasteiger partial charge in [-0.3, -0.25) is 14.4 Å². The molecule has 1 unspecified atom stereocenters. The van der Waals surface area contributed by atoms with E-state index in [2.05, 4.69) is 38.5 Å². The topological polar surface area (TPSA) is 96.5 Å². The van der Waals surface area contributed by atoms with Crippen molar-refractivity contribution >= 4 is 69.5 Å². The fraction of sp³-hybridized carbons (Fsp3) is 0.121. The molecule has 0 aliphatic heterocycles. The number of carbonyl (C=O) groups excluding carboxylic acids is 3. The van der Waals surface area contributed by atoms with Crippen molar-refractivity contribution in [3.05, 3.63) is 124 Å². The fourth-order valence-electron chi connectivity index (χ4n) is 3.83. The van der Waals surface area contributed by atoms with Crippen molar-refractivity contribution in [2.24, 2.45) is 0 Å². The molecule has 0 saturated heterocycles. The largest absolute Gasteiger partial charge is 0.493 e. The number of hydrogen-bond acceptors (Lipinski definition) is 5. The second-order valence-electron chi connectivity index (χ2n) is 9.08. The molecule has 0 aliphatic carbocycles. The predicted molar refractivity (Wildman–Crippen MR) is 178 cm³/mol. The minimum absolute atomic E-state index is 0.0651. The van der Waals surface area contributed by atoms with E-state index in [1.807, 2.05) is 80.6 Å².